The van der Waals surface area contributed by atoms with Crippen LogP contribution in [0, 0.1) is 6.92 Å². The Morgan fingerprint density at radius 1 is 0.762 bits per heavy atom. The highest BCUT2D eigenvalue weighted by Gasteiger charge is 2.11. The van der Waals surface area contributed by atoms with E-state index >= 15 is 0 Å². The van der Waals surface area contributed by atoms with Crippen LogP contribution in [0.4, 0.5) is 5.69 Å². The zero-order chi connectivity index (χ0) is 14.4. The number of aromatic amines is 1. The number of para-hydroxylation sites is 2. The molecule has 0 bridgehead atoms. The molecule has 1 heterocycles. The molecule has 4 rings (SSSR count). The summed E-state index contributed by atoms with van der Waals surface area (Å²) in [6.07, 6.45) is 0. The zero-order valence-electron chi connectivity index (χ0n) is 11.9. The molecule has 102 valence electrons. The topological polar surface area (TPSA) is 41.8 Å². The van der Waals surface area contributed by atoms with Crippen LogP contribution < -0.4 is 5.73 Å². The number of benzene rings is 3. The number of hydrogen-bond acceptors (Lipinski definition) is 1. The molecule has 0 radical (unpaired) electrons. The van der Waals surface area contributed by atoms with Crippen molar-refractivity contribution in [3.8, 4) is 11.1 Å². The first-order chi connectivity index (χ1) is 10.3. The fraction of sp³-hybridized carbons (Fsp3) is 0.0526. The summed E-state index contributed by atoms with van der Waals surface area (Å²) in [5, 5.41) is 2.51. The van der Waals surface area contributed by atoms with Gasteiger partial charge in [-0.3, -0.25) is 0 Å². The molecular weight excluding hydrogens is 256 g/mol. The Hall–Kier alpha value is -2.74. The van der Waals surface area contributed by atoms with Crippen molar-refractivity contribution in [2.75, 3.05) is 5.73 Å². The lowest BCUT2D eigenvalue weighted by Gasteiger charge is -2.09. The standard InChI is InChI=1S/C19H16N2/c1-12-13(7-5-10-17(12)20)15-8-4-9-16-14-6-2-3-11-18(14)21-19(15)16/h2-11,21H,20H2,1H3. The van der Waals surface area contributed by atoms with Gasteiger partial charge < -0.3 is 10.7 Å². The molecule has 1 aromatic heterocycles. The van der Waals surface area contributed by atoms with Gasteiger partial charge in [0.05, 0.1) is 5.52 Å². The molecular formula is C19H16N2. The predicted octanol–water partition coefficient (Wildman–Crippen LogP) is 4.88. The predicted molar refractivity (Wildman–Crippen MR) is 90.4 cm³/mol. The van der Waals surface area contributed by atoms with E-state index in [1.807, 2.05) is 12.1 Å². The van der Waals surface area contributed by atoms with Crippen molar-refractivity contribution in [3.63, 3.8) is 0 Å². The molecule has 0 unspecified atom stereocenters. The lowest BCUT2D eigenvalue weighted by molar-refractivity contribution is 1.45. The Bertz CT molecular complexity index is 964. The van der Waals surface area contributed by atoms with Crippen LogP contribution in [0.2, 0.25) is 0 Å². The second kappa shape index (κ2) is 4.38. The Labute approximate surface area is 123 Å². The number of rotatable bonds is 1. The first-order valence-electron chi connectivity index (χ1n) is 7.10. The summed E-state index contributed by atoms with van der Waals surface area (Å²) >= 11 is 0. The highest BCUT2D eigenvalue weighted by atomic mass is 14.7. The van der Waals surface area contributed by atoms with Crippen LogP contribution in [0.1, 0.15) is 5.56 Å². The van der Waals surface area contributed by atoms with Crippen LogP contribution in [0.5, 0.6) is 0 Å². The van der Waals surface area contributed by atoms with Crippen molar-refractivity contribution in [2.24, 2.45) is 0 Å². The third-order valence-electron chi connectivity index (χ3n) is 4.21. The number of nitrogens with two attached hydrogens (primary N) is 1. The lowest BCUT2D eigenvalue weighted by atomic mass is 9.97. The van der Waals surface area contributed by atoms with Gasteiger partial charge in [0.25, 0.3) is 0 Å². The Morgan fingerprint density at radius 2 is 1.48 bits per heavy atom. The first-order valence-corrected chi connectivity index (χ1v) is 7.10. The van der Waals surface area contributed by atoms with Crippen LogP contribution in [-0.2, 0) is 0 Å². The molecule has 0 aliphatic rings. The average Bonchev–Trinajstić information content (AvgIpc) is 2.89. The van der Waals surface area contributed by atoms with Crippen LogP contribution in [-0.4, -0.2) is 4.98 Å². The minimum atomic E-state index is 0.834. The maximum Gasteiger partial charge on any atom is 0.0544 e. The van der Waals surface area contributed by atoms with Gasteiger partial charge in [0.15, 0.2) is 0 Å². The van der Waals surface area contributed by atoms with E-state index in [1.165, 1.54) is 32.9 Å². The molecule has 0 saturated carbocycles. The van der Waals surface area contributed by atoms with Crippen molar-refractivity contribution >= 4 is 27.5 Å². The molecule has 0 atom stereocenters. The Kier molecular flexibility index (Phi) is 2.51. The average molecular weight is 272 g/mol. The van der Waals surface area contributed by atoms with E-state index in [1.54, 1.807) is 0 Å². The molecule has 3 N–H and O–H groups in total. The second-order valence-electron chi connectivity index (χ2n) is 5.42. The molecule has 0 spiro atoms. The summed E-state index contributed by atoms with van der Waals surface area (Å²) in [6, 6.07) is 20.9. The molecule has 0 amide bonds. The van der Waals surface area contributed by atoms with E-state index in [4.69, 9.17) is 5.73 Å². The van der Waals surface area contributed by atoms with E-state index in [9.17, 15) is 0 Å². The fourth-order valence-electron chi connectivity index (χ4n) is 3.04. The van der Waals surface area contributed by atoms with Gasteiger partial charge >= 0.3 is 0 Å². The molecule has 0 aliphatic heterocycles. The van der Waals surface area contributed by atoms with Crippen molar-refractivity contribution in [3.05, 3.63) is 66.2 Å². The van der Waals surface area contributed by atoms with Crippen molar-refractivity contribution in [1.29, 1.82) is 0 Å². The third kappa shape index (κ3) is 1.73. The van der Waals surface area contributed by atoms with Crippen LogP contribution in [0.3, 0.4) is 0 Å². The highest BCUT2D eigenvalue weighted by Crippen LogP contribution is 2.35. The summed E-state index contributed by atoms with van der Waals surface area (Å²) < 4.78 is 0. The van der Waals surface area contributed by atoms with E-state index in [2.05, 4.69) is 60.4 Å². The highest BCUT2D eigenvalue weighted by molar-refractivity contribution is 6.12. The summed E-state index contributed by atoms with van der Waals surface area (Å²) in [4.78, 5) is 3.55. The summed E-state index contributed by atoms with van der Waals surface area (Å²) in [6.45, 7) is 2.08. The van der Waals surface area contributed by atoms with Gasteiger partial charge in [-0.25, -0.2) is 0 Å². The molecule has 3 aromatic carbocycles. The molecule has 0 aliphatic carbocycles. The van der Waals surface area contributed by atoms with Crippen LogP contribution >= 0.6 is 0 Å². The minimum absolute atomic E-state index is 0.834. The van der Waals surface area contributed by atoms with E-state index < -0.39 is 0 Å². The monoisotopic (exact) mass is 272 g/mol. The van der Waals surface area contributed by atoms with Gasteiger partial charge in [-0.2, -0.15) is 0 Å². The van der Waals surface area contributed by atoms with Crippen molar-refractivity contribution < 1.29 is 0 Å². The van der Waals surface area contributed by atoms with Gasteiger partial charge in [-0.05, 0) is 30.2 Å². The van der Waals surface area contributed by atoms with E-state index in [0.717, 1.165) is 11.3 Å². The first kappa shape index (κ1) is 12.0. The Morgan fingerprint density at radius 3 is 2.38 bits per heavy atom. The maximum absolute atomic E-state index is 6.07. The minimum Gasteiger partial charge on any atom is -0.398 e. The maximum atomic E-state index is 6.07. The number of nitrogen functional groups attached to an aromatic ring is 1. The molecule has 4 aromatic rings. The smallest absolute Gasteiger partial charge is 0.0544 e. The van der Waals surface area contributed by atoms with Gasteiger partial charge in [0, 0.05) is 27.5 Å². The van der Waals surface area contributed by atoms with Gasteiger partial charge in [0.1, 0.15) is 0 Å². The number of hydrogen-bond donors (Lipinski definition) is 2. The Balaban J connectivity index is 2.12. The largest absolute Gasteiger partial charge is 0.398 e. The number of fused-ring (bicyclic) bond motifs is 3. The molecule has 0 fully saturated rings. The second-order valence-corrected chi connectivity index (χ2v) is 5.42. The third-order valence-corrected chi connectivity index (χ3v) is 4.21. The number of H-pyrrole nitrogens is 1. The fourth-order valence-corrected chi connectivity index (χ4v) is 3.04. The van der Waals surface area contributed by atoms with E-state index in [0.29, 0.717) is 0 Å². The van der Waals surface area contributed by atoms with E-state index in [-0.39, 0.29) is 0 Å². The van der Waals surface area contributed by atoms with Crippen LogP contribution in [0.25, 0.3) is 32.9 Å². The lowest BCUT2D eigenvalue weighted by Crippen LogP contribution is -1.92. The molecule has 2 heteroatoms. The molecule has 21 heavy (non-hydrogen) atoms. The number of anilines is 1. The van der Waals surface area contributed by atoms with Crippen LogP contribution in [0.15, 0.2) is 60.7 Å². The summed E-state index contributed by atoms with van der Waals surface area (Å²) in [7, 11) is 0. The summed E-state index contributed by atoms with van der Waals surface area (Å²) in [5.41, 5.74) is 12.8. The number of aromatic nitrogens is 1. The van der Waals surface area contributed by atoms with Crippen molar-refractivity contribution in [1.82, 2.24) is 4.98 Å². The van der Waals surface area contributed by atoms with Crippen molar-refractivity contribution in [2.45, 2.75) is 6.92 Å². The molecule has 0 saturated heterocycles. The zero-order valence-corrected chi connectivity index (χ0v) is 11.9. The van der Waals surface area contributed by atoms with Gasteiger partial charge in [-0.1, -0.05) is 48.5 Å². The number of nitrogens with one attached hydrogen (secondary N) is 1. The normalized spacial score (nSPS) is 11.3. The molecule has 2 nitrogen and oxygen atoms in total. The quantitative estimate of drug-likeness (QED) is 0.476. The van der Waals surface area contributed by atoms with Gasteiger partial charge in [0.2, 0.25) is 0 Å². The SMILES string of the molecule is Cc1c(N)cccc1-c1cccc2c1[nH]c1ccccc12. The van der Waals surface area contributed by atoms with Gasteiger partial charge in [-0.15, -0.1) is 0 Å². The summed E-state index contributed by atoms with van der Waals surface area (Å²) in [5.74, 6) is 0.